The number of hydrogen-bond donors (Lipinski definition) is 3. The van der Waals surface area contributed by atoms with Crippen LogP contribution in [0.25, 0.3) is 0 Å². The first-order valence-corrected chi connectivity index (χ1v) is 5.00. The van der Waals surface area contributed by atoms with Gasteiger partial charge in [0.25, 0.3) is 0 Å². The van der Waals surface area contributed by atoms with Crippen molar-refractivity contribution in [3.05, 3.63) is 0 Å². The normalized spacial score (nSPS) is 21.0. The molecule has 1 rings (SSSR count). The number of aliphatic carboxylic acids is 1. The van der Waals surface area contributed by atoms with E-state index in [1.54, 1.807) is 5.01 Å². The third-order valence-corrected chi connectivity index (χ3v) is 2.42. The minimum absolute atomic E-state index is 0. The van der Waals surface area contributed by atoms with E-state index in [1.807, 2.05) is 0 Å². The second-order valence-corrected chi connectivity index (χ2v) is 3.74. The molecule has 0 aromatic rings. The summed E-state index contributed by atoms with van der Waals surface area (Å²) in [5.74, 6) is -0.813. The van der Waals surface area contributed by atoms with Crippen molar-refractivity contribution in [2.24, 2.45) is 0 Å². The summed E-state index contributed by atoms with van der Waals surface area (Å²) in [7, 11) is 0. The zero-order valence-electron chi connectivity index (χ0n) is 8.27. The van der Waals surface area contributed by atoms with Gasteiger partial charge in [0.2, 0.25) is 0 Å². The first kappa shape index (κ1) is 14.4. The molecule has 15 heavy (non-hydrogen) atoms. The van der Waals surface area contributed by atoms with Gasteiger partial charge in [0.15, 0.2) is 5.12 Å². The van der Waals surface area contributed by atoms with Crippen LogP contribution in [0.2, 0.25) is 0 Å². The lowest BCUT2D eigenvalue weighted by Crippen LogP contribution is -2.46. The maximum Gasteiger partial charge on any atom is 0.322 e. The van der Waals surface area contributed by atoms with Crippen LogP contribution in [-0.2, 0) is 9.59 Å². The van der Waals surface area contributed by atoms with Crippen LogP contribution < -0.4 is 5.43 Å². The lowest BCUT2D eigenvalue weighted by Gasteiger charge is -2.21. The van der Waals surface area contributed by atoms with E-state index in [-0.39, 0.29) is 10.6 Å². The minimum Gasteiger partial charge on any atom is -0.480 e. The predicted octanol–water partition coefficient (Wildman–Crippen LogP) is -0.938. The lowest BCUT2D eigenvalue weighted by atomic mass is 10.2. The molecule has 1 aliphatic heterocycles. The number of nitrogens with zero attached hydrogens (tertiary/aromatic N) is 1. The van der Waals surface area contributed by atoms with Crippen LogP contribution >= 0.6 is 12.6 Å². The fourth-order valence-corrected chi connectivity index (χ4v) is 1.63. The van der Waals surface area contributed by atoms with Crippen LogP contribution in [0, 0.1) is 0 Å². The third kappa shape index (κ3) is 4.61. The first-order chi connectivity index (χ1) is 6.61. The Bertz CT molecular complexity index is 237. The van der Waals surface area contributed by atoms with Crippen molar-refractivity contribution < 1.29 is 20.2 Å². The molecule has 0 unspecified atom stereocenters. The summed E-state index contributed by atoms with van der Waals surface area (Å²) >= 11 is 3.62. The van der Waals surface area contributed by atoms with Gasteiger partial charge in [-0.25, -0.2) is 5.01 Å². The third-order valence-electron chi connectivity index (χ3n) is 2.19. The van der Waals surface area contributed by atoms with E-state index in [4.69, 9.17) is 5.11 Å². The molecule has 4 N–H and O–H groups in total. The lowest BCUT2D eigenvalue weighted by molar-refractivity contribution is -0.143. The Morgan fingerprint density at radius 1 is 1.53 bits per heavy atom. The Labute approximate surface area is 93.3 Å². The summed E-state index contributed by atoms with van der Waals surface area (Å²) in [4.78, 5) is 21.3. The molecule has 0 aliphatic carbocycles. The fourth-order valence-electron chi connectivity index (χ4n) is 1.52. The number of carbonyl (C=O) groups is 2. The molecule has 6 nitrogen and oxygen atoms in total. The summed E-state index contributed by atoms with van der Waals surface area (Å²) in [6, 6.07) is -0.454. The summed E-state index contributed by atoms with van der Waals surface area (Å²) in [5, 5.41) is 10.3. The second-order valence-electron chi connectivity index (χ2n) is 3.24. The van der Waals surface area contributed by atoms with Crippen molar-refractivity contribution in [1.29, 1.82) is 0 Å². The van der Waals surface area contributed by atoms with Gasteiger partial charge in [-0.15, -0.1) is 12.6 Å². The van der Waals surface area contributed by atoms with Crippen LogP contribution in [0.5, 0.6) is 0 Å². The molecular formula is C8H16N2O4S. The van der Waals surface area contributed by atoms with Crippen LogP contribution in [0.3, 0.4) is 0 Å². The summed E-state index contributed by atoms with van der Waals surface area (Å²) < 4.78 is 0. The molecule has 0 saturated carbocycles. The van der Waals surface area contributed by atoms with Crippen molar-refractivity contribution >= 4 is 23.7 Å². The van der Waals surface area contributed by atoms with Crippen molar-refractivity contribution in [2.75, 3.05) is 13.1 Å². The van der Waals surface area contributed by atoms with Crippen LogP contribution in [0.4, 0.5) is 0 Å². The van der Waals surface area contributed by atoms with E-state index >= 15 is 0 Å². The fraction of sp³-hybridized carbons (Fsp3) is 0.750. The molecule has 1 aliphatic rings. The molecule has 1 heterocycles. The molecular weight excluding hydrogens is 220 g/mol. The quantitative estimate of drug-likeness (QED) is 0.535. The minimum atomic E-state index is -0.813. The molecule has 0 aromatic carbocycles. The maximum atomic E-state index is 10.7. The number of carboxylic acids is 1. The van der Waals surface area contributed by atoms with Gasteiger partial charge >= 0.3 is 5.97 Å². The van der Waals surface area contributed by atoms with Crippen molar-refractivity contribution in [3.8, 4) is 0 Å². The Morgan fingerprint density at radius 3 is 2.73 bits per heavy atom. The van der Waals surface area contributed by atoms with E-state index in [1.165, 1.54) is 0 Å². The first-order valence-electron chi connectivity index (χ1n) is 4.56. The van der Waals surface area contributed by atoms with Crippen molar-refractivity contribution in [2.45, 2.75) is 25.3 Å². The van der Waals surface area contributed by atoms with Gasteiger partial charge in [0, 0.05) is 19.5 Å². The monoisotopic (exact) mass is 236 g/mol. The van der Waals surface area contributed by atoms with E-state index in [9.17, 15) is 9.59 Å². The Hall–Kier alpha value is -0.630. The number of hydrazine groups is 1. The van der Waals surface area contributed by atoms with E-state index in [0.29, 0.717) is 19.4 Å². The Balaban J connectivity index is 0.00000196. The van der Waals surface area contributed by atoms with Crippen molar-refractivity contribution in [1.82, 2.24) is 10.4 Å². The predicted molar refractivity (Wildman–Crippen MR) is 57.6 cm³/mol. The summed E-state index contributed by atoms with van der Waals surface area (Å²) in [6.07, 6.45) is 1.85. The number of hydrogen-bond acceptors (Lipinski definition) is 4. The Kier molecular flexibility index (Phi) is 6.50. The van der Waals surface area contributed by atoms with Gasteiger partial charge in [-0.2, -0.15) is 0 Å². The number of thiol groups is 1. The SMILES string of the molecule is O.O=C(S)CCNN1CCC[C@H]1C(=O)O. The zero-order valence-corrected chi connectivity index (χ0v) is 9.17. The van der Waals surface area contributed by atoms with Crippen molar-refractivity contribution in [3.63, 3.8) is 0 Å². The molecule has 0 amide bonds. The topological polar surface area (TPSA) is 101 Å². The van der Waals surface area contributed by atoms with Gasteiger partial charge in [0.1, 0.15) is 6.04 Å². The standard InChI is InChI=1S/C8H14N2O3S.H2O/c11-7(14)3-4-9-10-5-1-2-6(10)8(12)13;/h6,9H,1-5H2,(H,11,14)(H,12,13);1H2/t6-;/m0./s1. The molecule has 1 saturated heterocycles. The van der Waals surface area contributed by atoms with Gasteiger partial charge in [-0.1, -0.05) is 0 Å². The average Bonchev–Trinajstić information content (AvgIpc) is 2.51. The van der Waals surface area contributed by atoms with Gasteiger partial charge in [-0.3, -0.25) is 15.0 Å². The second kappa shape index (κ2) is 6.78. The summed E-state index contributed by atoms with van der Waals surface area (Å²) in [6.45, 7) is 1.17. The molecule has 0 bridgehead atoms. The highest BCUT2D eigenvalue weighted by Crippen LogP contribution is 2.14. The zero-order chi connectivity index (χ0) is 10.6. The van der Waals surface area contributed by atoms with Crippen LogP contribution in [-0.4, -0.2) is 45.8 Å². The van der Waals surface area contributed by atoms with Crippen LogP contribution in [0.1, 0.15) is 19.3 Å². The van der Waals surface area contributed by atoms with Gasteiger partial charge < -0.3 is 10.6 Å². The van der Waals surface area contributed by atoms with E-state index in [0.717, 1.165) is 13.0 Å². The van der Waals surface area contributed by atoms with Gasteiger partial charge in [0.05, 0.1) is 0 Å². The van der Waals surface area contributed by atoms with E-state index < -0.39 is 12.0 Å². The molecule has 1 fully saturated rings. The number of carboxylic acid groups (broad SMARTS) is 1. The molecule has 0 aromatic heterocycles. The highest BCUT2D eigenvalue weighted by molar-refractivity contribution is 7.96. The highest BCUT2D eigenvalue weighted by atomic mass is 32.1. The molecule has 88 valence electrons. The highest BCUT2D eigenvalue weighted by Gasteiger charge is 2.29. The molecule has 0 radical (unpaired) electrons. The number of carbonyl (C=O) groups excluding carboxylic acids is 1. The molecule has 1 atom stereocenters. The summed E-state index contributed by atoms with van der Waals surface area (Å²) in [5.41, 5.74) is 2.93. The number of rotatable bonds is 5. The van der Waals surface area contributed by atoms with Gasteiger partial charge in [-0.05, 0) is 12.8 Å². The largest absolute Gasteiger partial charge is 0.480 e. The number of nitrogens with one attached hydrogen (secondary N) is 1. The van der Waals surface area contributed by atoms with Crippen LogP contribution in [0.15, 0.2) is 0 Å². The van der Waals surface area contributed by atoms with E-state index in [2.05, 4.69) is 18.1 Å². The average molecular weight is 236 g/mol. The maximum absolute atomic E-state index is 10.7. The Morgan fingerprint density at radius 2 is 2.20 bits per heavy atom. The molecule has 0 spiro atoms. The molecule has 7 heteroatoms. The smallest absolute Gasteiger partial charge is 0.322 e.